The maximum atomic E-state index is 11.8. The van der Waals surface area contributed by atoms with Crippen LogP contribution in [0.3, 0.4) is 0 Å². The van der Waals surface area contributed by atoms with Crippen molar-refractivity contribution in [2.24, 2.45) is 0 Å². The van der Waals surface area contributed by atoms with Crippen molar-refractivity contribution in [3.05, 3.63) is 30.1 Å². The molecule has 6 nitrogen and oxygen atoms in total. The summed E-state index contributed by atoms with van der Waals surface area (Å²) in [6.07, 6.45) is 6.37. The summed E-state index contributed by atoms with van der Waals surface area (Å²) in [7, 11) is -1.89. The van der Waals surface area contributed by atoms with Crippen molar-refractivity contribution in [1.82, 2.24) is 9.71 Å². The highest BCUT2D eigenvalue weighted by atomic mass is 32.2. The lowest BCUT2D eigenvalue weighted by atomic mass is 10.2. The van der Waals surface area contributed by atoms with Crippen LogP contribution < -0.4 is 4.72 Å². The van der Waals surface area contributed by atoms with Crippen molar-refractivity contribution in [3.8, 4) is 0 Å². The number of methoxy groups -OCH3 is 1. The maximum absolute atomic E-state index is 11.8. The molecule has 21 heavy (non-hydrogen) atoms. The quantitative estimate of drug-likeness (QED) is 0.519. The molecule has 1 aromatic rings. The molecule has 0 aliphatic heterocycles. The molecule has 1 aromatic heterocycles. The number of ether oxygens (including phenoxy) is 1. The van der Waals surface area contributed by atoms with Crippen LogP contribution in [-0.2, 0) is 26.0 Å². The van der Waals surface area contributed by atoms with Gasteiger partial charge in [-0.15, -0.1) is 0 Å². The van der Waals surface area contributed by atoms with Crippen LogP contribution in [0.2, 0.25) is 0 Å². The van der Waals surface area contributed by atoms with Crippen LogP contribution in [0.1, 0.15) is 31.2 Å². The van der Waals surface area contributed by atoms with E-state index >= 15 is 0 Å². The molecule has 1 rings (SSSR count). The Hall–Kier alpha value is -1.47. The maximum Gasteiger partial charge on any atom is 0.305 e. The Morgan fingerprint density at radius 2 is 1.95 bits per heavy atom. The fourth-order valence-corrected chi connectivity index (χ4v) is 2.88. The van der Waals surface area contributed by atoms with Gasteiger partial charge in [-0.05, 0) is 37.0 Å². The summed E-state index contributed by atoms with van der Waals surface area (Å²) in [6.45, 7) is 0.403. The molecule has 0 aliphatic rings. The molecule has 0 saturated heterocycles. The zero-order valence-electron chi connectivity index (χ0n) is 12.2. The summed E-state index contributed by atoms with van der Waals surface area (Å²) >= 11 is 0. The minimum atomic E-state index is -3.25. The number of carbonyl (C=O) groups excluding carboxylic acids is 1. The summed E-state index contributed by atoms with van der Waals surface area (Å²) in [5.41, 5.74) is 0.952. The Balaban J connectivity index is 2.14. The highest BCUT2D eigenvalue weighted by Crippen LogP contribution is 2.02. The van der Waals surface area contributed by atoms with Crippen molar-refractivity contribution in [3.63, 3.8) is 0 Å². The van der Waals surface area contributed by atoms with Gasteiger partial charge in [0, 0.05) is 25.4 Å². The van der Waals surface area contributed by atoms with E-state index in [0.717, 1.165) is 12.0 Å². The van der Waals surface area contributed by atoms with Crippen LogP contribution in [0, 0.1) is 0 Å². The number of nitrogens with one attached hydrogen (secondary N) is 1. The predicted molar refractivity (Wildman–Crippen MR) is 80.2 cm³/mol. The monoisotopic (exact) mass is 314 g/mol. The highest BCUT2D eigenvalue weighted by Gasteiger charge is 2.09. The first-order valence-electron chi connectivity index (χ1n) is 6.96. The summed E-state index contributed by atoms with van der Waals surface area (Å²) < 4.78 is 30.7. The average molecular weight is 314 g/mol. The Bertz CT molecular complexity index is 517. The highest BCUT2D eigenvalue weighted by molar-refractivity contribution is 7.89. The van der Waals surface area contributed by atoms with Crippen LogP contribution in [0.15, 0.2) is 24.5 Å². The number of carbonyl (C=O) groups is 1. The van der Waals surface area contributed by atoms with E-state index in [9.17, 15) is 13.2 Å². The molecule has 0 amide bonds. The van der Waals surface area contributed by atoms with Gasteiger partial charge in [0.2, 0.25) is 10.0 Å². The molecule has 0 spiro atoms. The van der Waals surface area contributed by atoms with E-state index in [1.807, 2.05) is 12.1 Å². The van der Waals surface area contributed by atoms with Crippen LogP contribution in [-0.4, -0.2) is 38.8 Å². The van der Waals surface area contributed by atoms with Gasteiger partial charge in [0.15, 0.2) is 0 Å². The van der Waals surface area contributed by atoms with Crippen molar-refractivity contribution in [2.45, 2.75) is 32.1 Å². The number of hydrogen-bond acceptors (Lipinski definition) is 5. The molecule has 0 aliphatic carbocycles. The van der Waals surface area contributed by atoms with E-state index < -0.39 is 10.0 Å². The minimum Gasteiger partial charge on any atom is -0.469 e. The second-order valence-corrected chi connectivity index (χ2v) is 6.63. The molecule has 0 unspecified atom stereocenters. The van der Waals surface area contributed by atoms with Crippen LogP contribution >= 0.6 is 0 Å². The molecule has 7 heteroatoms. The lowest BCUT2D eigenvalue weighted by Crippen LogP contribution is -2.28. The van der Waals surface area contributed by atoms with Gasteiger partial charge >= 0.3 is 5.97 Å². The van der Waals surface area contributed by atoms with Crippen molar-refractivity contribution in [1.29, 1.82) is 0 Å². The van der Waals surface area contributed by atoms with Gasteiger partial charge in [0.25, 0.3) is 0 Å². The van der Waals surface area contributed by atoms with Gasteiger partial charge in [0.05, 0.1) is 12.9 Å². The molecular weight excluding hydrogens is 292 g/mol. The SMILES string of the molecule is COC(=O)CCCCCNS(=O)(=O)CCc1ccncc1. The Morgan fingerprint density at radius 3 is 2.62 bits per heavy atom. The molecule has 0 atom stereocenters. The second kappa shape index (κ2) is 9.46. The van der Waals surface area contributed by atoms with Gasteiger partial charge < -0.3 is 4.74 Å². The van der Waals surface area contributed by atoms with E-state index in [-0.39, 0.29) is 11.7 Å². The minimum absolute atomic E-state index is 0.0686. The van der Waals surface area contributed by atoms with E-state index in [2.05, 4.69) is 14.4 Å². The second-order valence-electron chi connectivity index (χ2n) is 4.71. The molecule has 0 radical (unpaired) electrons. The first-order valence-corrected chi connectivity index (χ1v) is 8.62. The lowest BCUT2D eigenvalue weighted by Gasteiger charge is -2.06. The molecule has 1 N–H and O–H groups in total. The Kier molecular flexibility index (Phi) is 7.92. The number of aromatic nitrogens is 1. The molecule has 0 saturated carbocycles. The third-order valence-electron chi connectivity index (χ3n) is 3.02. The topological polar surface area (TPSA) is 85.4 Å². The first-order chi connectivity index (χ1) is 10.0. The van der Waals surface area contributed by atoms with Gasteiger partial charge in [-0.3, -0.25) is 9.78 Å². The normalized spacial score (nSPS) is 11.3. The zero-order chi connectivity index (χ0) is 15.6. The molecule has 118 valence electrons. The number of aryl methyl sites for hydroxylation is 1. The molecular formula is C14H22N2O4S. The lowest BCUT2D eigenvalue weighted by molar-refractivity contribution is -0.140. The number of pyridine rings is 1. The predicted octanol–water partition coefficient (Wildman–Crippen LogP) is 1.28. The fourth-order valence-electron chi connectivity index (χ4n) is 1.77. The van der Waals surface area contributed by atoms with Crippen LogP contribution in [0.5, 0.6) is 0 Å². The summed E-state index contributed by atoms with van der Waals surface area (Å²) in [4.78, 5) is 14.8. The molecule has 0 aromatic carbocycles. The number of hydrogen-bond donors (Lipinski definition) is 1. The van der Waals surface area contributed by atoms with Crippen molar-refractivity contribution < 1.29 is 17.9 Å². The third kappa shape index (κ3) is 8.41. The third-order valence-corrected chi connectivity index (χ3v) is 4.40. The molecule has 1 heterocycles. The fraction of sp³-hybridized carbons (Fsp3) is 0.571. The first kappa shape index (κ1) is 17.6. The number of rotatable bonds is 10. The summed E-state index contributed by atoms with van der Waals surface area (Å²) in [5, 5.41) is 0. The number of esters is 1. The van der Waals surface area contributed by atoms with E-state index in [1.54, 1.807) is 12.4 Å². The Morgan fingerprint density at radius 1 is 1.24 bits per heavy atom. The van der Waals surface area contributed by atoms with Gasteiger partial charge in [-0.25, -0.2) is 13.1 Å². The van der Waals surface area contributed by atoms with Gasteiger partial charge in [-0.2, -0.15) is 0 Å². The molecule has 0 bridgehead atoms. The van der Waals surface area contributed by atoms with Gasteiger partial charge in [-0.1, -0.05) is 6.42 Å². The summed E-state index contributed by atoms with van der Waals surface area (Å²) in [6, 6.07) is 3.62. The van der Waals surface area contributed by atoms with E-state index in [1.165, 1.54) is 7.11 Å². The average Bonchev–Trinajstić information content (AvgIpc) is 2.49. The zero-order valence-corrected chi connectivity index (χ0v) is 13.1. The van der Waals surface area contributed by atoms with E-state index in [0.29, 0.717) is 32.2 Å². The standard InChI is InChI=1S/C14H22N2O4S/c1-20-14(17)5-3-2-4-9-16-21(18,19)12-8-13-6-10-15-11-7-13/h6-7,10-11,16H,2-5,8-9,12H2,1H3. The van der Waals surface area contributed by atoms with Gasteiger partial charge in [0.1, 0.15) is 0 Å². The van der Waals surface area contributed by atoms with E-state index in [4.69, 9.17) is 0 Å². The molecule has 0 fully saturated rings. The largest absolute Gasteiger partial charge is 0.469 e. The van der Waals surface area contributed by atoms with Crippen molar-refractivity contribution in [2.75, 3.05) is 19.4 Å². The van der Waals surface area contributed by atoms with Crippen LogP contribution in [0.25, 0.3) is 0 Å². The number of unbranched alkanes of at least 4 members (excludes halogenated alkanes) is 2. The van der Waals surface area contributed by atoms with Crippen LogP contribution in [0.4, 0.5) is 0 Å². The Labute approximate surface area is 126 Å². The number of sulfonamides is 1. The summed E-state index contributed by atoms with van der Waals surface area (Å²) in [5.74, 6) is -0.160. The number of nitrogens with zero attached hydrogens (tertiary/aromatic N) is 1. The smallest absolute Gasteiger partial charge is 0.305 e. The van der Waals surface area contributed by atoms with Crippen molar-refractivity contribution >= 4 is 16.0 Å².